The number of halogens is 6. The minimum absolute atomic E-state index is 0.0907. The SMILES string of the molecule is O/N=C1\CCCC1C(O)(C(F)(F)F)C(F)(F)Cl. The van der Waals surface area contributed by atoms with Crippen molar-refractivity contribution in [3.05, 3.63) is 0 Å². The van der Waals surface area contributed by atoms with E-state index in [4.69, 9.17) is 5.21 Å². The van der Waals surface area contributed by atoms with Gasteiger partial charge in [0.2, 0.25) is 5.60 Å². The zero-order valence-corrected chi connectivity index (χ0v) is 9.06. The van der Waals surface area contributed by atoms with Gasteiger partial charge in [0.05, 0.1) is 5.71 Å². The lowest BCUT2D eigenvalue weighted by Gasteiger charge is -2.38. The van der Waals surface area contributed by atoms with Gasteiger partial charge in [-0.05, 0) is 30.9 Å². The molecule has 1 fully saturated rings. The molecule has 1 saturated carbocycles. The van der Waals surface area contributed by atoms with Crippen LogP contribution in [0.1, 0.15) is 19.3 Å². The van der Waals surface area contributed by atoms with Crippen molar-refractivity contribution in [2.45, 2.75) is 36.4 Å². The maximum atomic E-state index is 12.9. The fourth-order valence-corrected chi connectivity index (χ4v) is 2.19. The zero-order valence-electron chi connectivity index (χ0n) is 8.31. The molecule has 0 aromatic rings. The monoisotopic (exact) mass is 281 g/mol. The molecule has 2 atom stereocenters. The smallest absolute Gasteiger partial charge is 0.411 e. The molecule has 2 N–H and O–H groups in total. The first-order valence-corrected chi connectivity index (χ1v) is 5.00. The molecule has 1 rings (SSSR count). The average Bonchev–Trinajstić information content (AvgIpc) is 2.60. The molecule has 3 nitrogen and oxygen atoms in total. The first-order valence-electron chi connectivity index (χ1n) is 4.62. The number of hydrogen-bond acceptors (Lipinski definition) is 3. The Bertz CT molecular complexity index is 311. The van der Waals surface area contributed by atoms with Gasteiger partial charge in [0.1, 0.15) is 0 Å². The van der Waals surface area contributed by atoms with Crippen LogP contribution in [0.5, 0.6) is 0 Å². The normalized spacial score (nSPS) is 28.4. The number of oxime groups is 1. The summed E-state index contributed by atoms with van der Waals surface area (Å²) in [6.07, 6.45) is -6.00. The molecule has 1 aliphatic carbocycles. The topological polar surface area (TPSA) is 52.8 Å². The highest BCUT2D eigenvalue weighted by atomic mass is 35.5. The standard InChI is InChI=1S/C8H9ClF5NO2/c9-7(10,11)6(16,8(12,13)14)4-2-1-3-5(4)15-17/h4,16-17H,1-3H2/b15-5+. The van der Waals surface area contributed by atoms with Crippen molar-refractivity contribution in [3.8, 4) is 0 Å². The van der Waals surface area contributed by atoms with Crippen LogP contribution in [0.2, 0.25) is 0 Å². The predicted octanol–water partition coefficient (Wildman–Crippen LogP) is 2.74. The molecule has 0 radical (unpaired) electrons. The Morgan fingerprint density at radius 1 is 1.24 bits per heavy atom. The lowest BCUT2D eigenvalue weighted by atomic mass is 9.84. The summed E-state index contributed by atoms with van der Waals surface area (Å²) in [7, 11) is 0. The number of nitrogens with zero attached hydrogens (tertiary/aromatic N) is 1. The van der Waals surface area contributed by atoms with E-state index in [0.29, 0.717) is 0 Å². The maximum absolute atomic E-state index is 12.9. The van der Waals surface area contributed by atoms with Crippen molar-refractivity contribution >= 4 is 17.3 Å². The second-order valence-corrected chi connectivity index (χ2v) is 4.27. The highest BCUT2D eigenvalue weighted by Crippen LogP contribution is 2.52. The summed E-state index contributed by atoms with van der Waals surface area (Å²) < 4.78 is 63.6. The molecule has 0 heterocycles. The molecule has 1 aliphatic rings. The van der Waals surface area contributed by atoms with Crippen molar-refractivity contribution in [1.82, 2.24) is 0 Å². The second kappa shape index (κ2) is 4.24. The van der Waals surface area contributed by atoms with Crippen LogP contribution in [0, 0.1) is 5.92 Å². The molecular formula is C8H9ClF5NO2. The van der Waals surface area contributed by atoms with Gasteiger partial charge in [0.15, 0.2) is 0 Å². The fourth-order valence-electron chi connectivity index (χ4n) is 1.95. The quantitative estimate of drug-likeness (QED) is 0.354. The molecule has 0 spiro atoms. The molecule has 0 aliphatic heterocycles. The number of hydrogen-bond donors (Lipinski definition) is 2. The Labute approximate surface area is 97.9 Å². The van der Waals surface area contributed by atoms with Crippen LogP contribution in [0.4, 0.5) is 22.0 Å². The minimum atomic E-state index is -5.64. The van der Waals surface area contributed by atoms with E-state index in [1.54, 1.807) is 0 Å². The fraction of sp³-hybridized carbons (Fsp3) is 0.875. The summed E-state index contributed by atoms with van der Waals surface area (Å²) in [6, 6.07) is 0. The maximum Gasteiger partial charge on any atom is 0.425 e. The van der Waals surface area contributed by atoms with Gasteiger partial charge in [-0.2, -0.15) is 22.0 Å². The number of rotatable bonds is 2. The van der Waals surface area contributed by atoms with E-state index in [1.165, 1.54) is 0 Å². The molecule has 17 heavy (non-hydrogen) atoms. The van der Waals surface area contributed by atoms with E-state index in [0.717, 1.165) is 0 Å². The van der Waals surface area contributed by atoms with Gasteiger partial charge in [-0.1, -0.05) is 5.16 Å². The van der Waals surface area contributed by atoms with E-state index in [9.17, 15) is 27.1 Å². The Balaban J connectivity index is 3.26. The summed E-state index contributed by atoms with van der Waals surface area (Å²) >= 11 is 4.39. The van der Waals surface area contributed by atoms with E-state index < -0.39 is 28.8 Å². The third-order valence-corrected chi connectivity index (χ3v) is 3.11. The molecular weight excluding hydrogens is 273 g/mol. The van der Waals surface area contributed by atoms with Gasteiger partial charge in [-0.15, -0.1) is 0 Å². The van der Waals surface area contributed by atoms with Crippen LogP contribution in [0.3, 0.4) is 0 Å². The van der Waals surface area contributed by atoms with Crippen LogP contribution >= 0.6 is 11.6 Å². The Hall–Kier alpha value is -0.630. The van der Waals surface area contributed by atoms with Gasteiger partial charge < -0.3 is 10.3 Å². The first-order chi connectivity index (χ1) is 7.55. The van der Waals surface area contributed by atoms with Gasteiger partial charge >= 0.3 is 11.6 Å². The molecule has 0 bridgehead atoms. The first kappa shape index (κ1) is 14.4. The van der Waals surface area contributed by atoms with Crippen molar-refractivity contribution in [1.29, 1.82) is 0 Å². The zero-order chi connectivity index (χ0) is 13.5. The van der Waals surface area contributed by atoms with E-state index in [2.05, 4.69) is 16.8 Å². The third kappa shape index (κ3) is 2.20. The van der Waals surface area contributed by atoms with Crippen LogP contribution in [0.15, 0.2) is 5.16 Å². The number of alkyl halides is 6. The van der Waals surface area contributed by atoms with Gasteiger partial charge in [0, 0.05) is 5.92 Å². The van der Waals surface area contributed by atoms with Crippen LogP contribution in [-0.4, -0.2) is 33.2 Å². The number of aliphatic hydroxyl groups is 1. The molecule has 0 aromatic carbocycles. The molecule has 100 valence electrons. The van der Waals surface area contributed by atoms with Crippen molar-refractivity contribution < 1.29 is 32.3 Å². The van der Waals surface area contributed by atoms with Crippen molar-refractivity contribution in [2.24, 2.45) is 11.1 Å². The predicted molar refractivity (Wildman–Crippen MR) is 48.4 cm³/mol. The summed E-state index contributed by atoms with van der Waals surface area (Å²) in [5, 5.41) is 15.4. The van der Waals surface area contributed by atoms with Gasteiger partial charge in [-0.25, -0.2) is 0 Å². The molecule has 2 unspecified atom stereocenters. The third-order valence-electron chi connectivity index (χ3n) is 2.83. The lowest BCUT2D eigenvalue weighted by molar-refractivity contribution is -0.321. The highest BCUT2D eigenvalue weighted by Gasteiger charge is 2.73. The Morgan fingerprint density at radius 3 is 2.12 bits per heavy atom. The molecule has 9 heteroatoms. The summed E-state index contributed by atoms with van der Waals surface area (Å²) in [6.45, 7) is 0. The Morgan fingerprint density at radius 2 is 1.76 bits per heavy atom. The lowest BCUT2D eigenvalue weighted by Crippen LogP contribution is -2.62. The largest absolute Gasteiger partial charge is 0.425 e. The van der Waals surface area contributed by atoms with E-state index in [1.807, 2.05) is 0 Å². The summed E-state index contributed by atoms with van der Waals surface area (Å²) in [5.74, 6) is -2.04. The van der Waals surface area contributed by atoms with Gasteiger partial charge in [0.25, 0.3) is 0 Å². The Kier molecular flexibility index (Phi) is 3.60. The molecule has 0 saturated heterocycles. The van der Waals surface area contributed by atoms with Crippen LogP contribution < -0.4 is 0 Å². The van der Waals surface area contributed by atoms with Crippen LogP contribution in [-0.2, 0) is 0 Å². The van der Waals surface area contributed by atoms with Crippen LogP contribution in [0.25, 0.3) is 0 Å². The van der Waals surface area contributed by atoms with E-state index >= 15 is 0 Å². The average molecular weight is 282 g/mol. The van der Waals surface area contributed by atoms with Crippen molar-refractivity contribution in [3.63, 3.8) is 0 Å². The van der Waals surface area contributed by atoms with E-state index in [-0.39, 0.29) is 19.3 Å². The van der Waals surface area contributed by atoms with Gasteiger partial charge in [-0.3, -0.25) is 0 Å². The summed E-state index contributed by atoms with van der Waals surface area (Å²) in [5.41, 5.74) is -4.95. The second-order valence-electron chi connectivity index (χ2n) is 3.80. The summed E-state index contributed by atoms with van der Waals surface area (Å²) in [4.78, 5) is 0. The molecule has 0 amide bonds. The highest BCUT2D eigenvalue weighted by molar-refractivity contribution is 6.22. The molecule has 0 aromatic heterocycles. The minimum Gasteiger partial charge on any atom is -0.411 e. The van der Waals surface area contributed by atoms with Crippen molar-refractivity contribution in [2.75, 3.05) is 0 Å².